The molecule has 1 aliphatic rings. The number of hydrogen-bond donors (Lipinski definition) is 1. The molecule has 2 atom stereocenters. The average Bonchev–Trinajstić information content (AvgIpc) is 2.93. The molecule has 0 aliphatic carbocycles. The third kappa shape index (κ3) is 5.17. The molecule has 1 saturated heterocycles. The van der Waals surface area contributed by atoms with Crippen molar-refractivity contribution in [3.8, 4) is 0 Å². The predicted molar refractivity (Wildman–Crippen MR) is 135 cm³/mol. The lowest BCUT2D eigenvalue weighted by atomic mass is 9.85. The van der Waals surface area contributed by atoms with Crippen LogP contribution in [0.1, 0.15) is 44.3 Å². The van der Waals surface area contributed by atoms with Gasteiger partial charge in [-0.3, -0.25) is 24.5 Å². The number of nitrogens with one attached hydrogen (secondary N) is 1. The monoisotopic (exact) mass is 539 g/mol. The molecule has 2 aromatic carbocycles. The maximum atomic E-state index is 13.5. The first-order valence-electron chi connectivity index (χ1n) is 11.8. The fourth-order valence-corrected chi connectivity index (χ4v) is 5.00. The number of hydrogen-bond acceptors (Lipinski definition) is 5. The first kappa shape index (κ1) is 25.6. The van der Waals surface area contributed by atoms with Gasteiger partial charge >= 0.3 is 6.18 Å². The van der Waals surface area contributed by atoms with Crippen LogP contribution in [0.2, 0.25) is 5.02 Å². The predicted octanol–water partition coefficient (Wildman–Crippen LogP) is 5.13. The van der Waals surface area contributed by atoms with E-state index in [0.717, 1.165) is 23.9 Å². The summed E-state index contributed by atoms with van der Waals surface area (Å²) in [5.41, 5.74) is 0.383. The van der Waals surface area contributed by atoms with Crippen molar-refractivity contribution in [3.63, 3.8) is 0 Å². The van der Waals surface area contributed by atoms with Crippen molar-refractivity contribution in [1.29, 1.82) is 0 Å². The lowest BCUT2D eigenvalue weighted by Crippen LogP contribution is -2.51. The highest BCUT2D eigenvalue weighted by molar-refractivity contribution is 6.35. The molecular weight excluding hydrogens is 519 g/mol. The van der Waals surface area contributed by atoms with Crippen molar-refractivity contribution in [2.75, 3.05) is 13.1 Å². The van der Waals surface area contributed by atoms with Gasteiger partial charge in [-0.25, -0.2) is 0 Å². The molecule has 3 heterocycles. The Labute approximate surface area is 220 Å². The Morgan fingerprint density at radius 2 is 1.74 bits per heavy atom. The lowest BCUT2D eigenvalue weighted by Gasteiger charge is -2.39. The van der Waals surface area contributed by atoms with E-state index in [4.69, 9.17) is 11.6 Å². The summed E-state index contributed by atoms with van der Waals surface area (Å²) >= 11 is 6.35. The molecule has 194 valence electrons. The number of nitrogens with zero attached hydrogens (tertiary/aromatic N) is 4. The largest absolute Gasteiger partial charge is 0.418 e. The molecule has 0 saturated carbocycles. The number of carbonyl (C=O) groups is 2. The normalized spacial score (nSPS) is 17.8. The number of likely N-dealkylation sites (tertiary alicyclic amines) is 1. The van der Waals surface area contributed by atoms with Gasteiger partial charge < -0.3 is 10.2 Å². The maximum Gasteiger partial charge on any atom is 0.418 e. The van der Waals surface area contributed by atoms with E-state index in [1.807, 2.05) is 30.3 Å². The molecule has 38 heavy (non-hydrogen) atoms. The molecule has 1 fully saturated rings. The van der Waals surface area contributed by atoms with Gasteiger partial charge in [0, 0.05) is 49.2 Å². The number of aromatic nitrogens is 3. The first-order valence-corrected chi connectivity index (χ1v) is 12.2. The zero-order valence-electron chi connectivity index (χ0n) is 19.8. The van der Waals surface area contributed by atoms with Gasteiger partial charge in [0.25, 0.3) is 11.8 Å². The highest BCUT2D eigenvalue weighted by Crippen LogP contribution is 2.33. The summed E-state index contributed by atoms with van der Waals surface area (Å²) in [6, 6.07) is 13.8. The number of halogens is 4. The molecule has 11 heteroatoms. The summed E-state index contributed by atoms with van der Waals surface area (Å²) in [7, 11) is 0. The van der Waals surface area contributed by atoms with Gasteiger partial charge in [-0.15, -0.1) is 0 Å². The number of pyridine rings is 1. The Balaban J connectivity index is 1.41. The first-order chi connectivity index (χ1) is 18.2. The summed E-state index contributed by atoms with van der Waals surface area (Å²) in [6.07, 6.45) is -0.216. The minimum atomic E-state index is -4.72. The van der Waals surface area contributed by atoms with E-state index >= 15 is 0 Å². The number of fused-ring (bicyclic) bond motifs is 1. The van der Waals surface area contributed by atoms with Crippen LogP contribution in [0.15, 0.2) is 73.2 Å². The zero-order chi connectivity index (χ0) is 26.9. The second kappa shape index (κ2) is 10.4. The topological polar surface area (TPSA) is 88.1 Å². The number of carbonyl (C=O) groups excluding carboxylic acids is 2. The van der Waals surface area contributed by atoms with Crippen molar-refractivity contribution in [1.82, 2.24) is 25.2 Å². The van der Waals surface area contributed by atoms with Crippen molar-refractivity contribution in [2.45, 2.75) is 24.6 Å². The van der Waals surface area contributed by atoms with Crippen LogP contribution in [0.4, 0.5) is 13.2 Å². The number of rotatable bonds is 4. The molecule has 1 aliphatic heterocycles. The second-order valence-electron chi connectivity index (χ2n) is 8.92. The molecular formula is C27H21ClF3N5O2. The van der Waals surface area contributed by atoms with Crippen LogP contribution in [0.25, 0.3) is 11.0 Å². The highest BCUT2D eigenvalue weighted by atomic mass is 35.5. The van der Waals surface area contributed by atoms with E-state index in [1.54, 1.807) is 17.0 Å². The van der Waals surface area contributed by atoms with Crippen molar-refractivity contribution in [2.24, 2.45) is 0 Å². The third-order valence-electron chi connectivity index (χ3n) is 6.55. The molecule has 0 bridgehead atoms. The SMILES string of the molecule is O=C(N[C@@H]1CCN(C(=O)c2cc(Cl)c3nccnc3c2)C[C@H]1c1ccccc1)c1ncccc1C(F)(F)F. The smallest absolute Gasteiger partial charge is 0.347 e. The Morgan fingerprint density at radius 1 is 0.974 bits per heavy atom. The number of alkyl halides is 3. The van der Waals surface area contributed by atoms with Crippen LogP contribution in [0.3, 0.4) is 0 Å². The fraction of sp³-hybridized carbons (Fsp3) is 0.222. The molecule has 2 aromatic heterocycles. The zero-order valence-corrected chi connectivity index (χ0v) is 20.6. The van der Waals surface area contributed by atoms with Crippen LogP contribution in [0, 0.1) is 0 Å². The number of benzene rings is 2. The number of piperidine rings is 1. The van der Waals surface area contributed by atoms with Gasteiger partial charge in [0.05, 0.1) is 16.1 Å². The Morgan fingerprint density at radius 3 is 2.50 bits per heavy atom. The van der Waals surface area contributed by atoms with Gasteiger partial charge in [0.15, 0.2) is 0 Å². The molecule has 2 amide bonds. The summed E-state index contributed by atoms with van der Waals surface area (Å²) in [6.45, 7) is 0.510. The molecule has 7 nitrogen and oxygen atoms in total. The lowest BCUT2D eigenvalue weighted by molar-refractivity contribution is -0.138. The van der Waals surface area contributed by atoms with Gasteiger partial charge in [-0.1, -0.05) is 41.9 Å². The molecule has 0 unspecified atom stereocenters. The van der Waals surface area contributed by atoms with Gasteiger partial charge in [-0.2, -0.15) is 13.2 Å². The van der Waals surface area contributed by atoms with Crippen molar-refractivity contribution < 1.29 is 22.8 Å². The van der Waals surface area contributed by atoms with Crippen LogP contribution in [-0.2, 0) is 6.18 Å². The summed E-state index contributed by atoms with van der Waals surface area (Å²) < 4.78 is 40.4. The Hall–Kier alpha value is -4.05. The van der Waals surface area contributed by atoms with Gasteiger partial charge in [0.2, 0.25) is 0 Å². The second-order valence-corrected chi connectivity index (χ2v) is 9.32. The fourth-order valence-electron chi connectivity index (χ4n) is 4.74. The Bertz CT molecular complexity index is 1500. The maximum absolute atomic E-state index is 13.5. The van der Waals surface area contributed by atoms with Crippen LogP contribution in [-0.4, -0.2) is 50.8 Å². The van der Waals surface area contributed by atoms with E-state index in [2.05, 4.69) is 20.3 Å². The van der Waals surface area contributed by atoms with Crippen LogP contribution < -0.4 is 5.32 Å². The average molecular weight is 540 g/mol. The minimum absolute atomic E-state index is 0.234. The highest BCUT2D eigenvalue weighted by Gasteiger charge is 2.38. The summed E-state index contributed by atoms with van der Waals surface area (Å²) in [5, 5.41) is 3.05. The van der Waals surface area contributed by atoms with E-state index in [9.17, 15) is 22.8 Å². The molecule has 4 aromatic rings. The van der Waals surface area contributed by atoms with E-state index in [0.29, 0.717) is 28.0 Å². The van der Waals surface area contributed by atoms with Crippen molar-refractivity contribution in [3.05, 3.63) is 101 Å². The van der Waals surface area contributed by atoms with Gasteiger partial charge in [-0.05, 0) is 36.2 Å². The van der Waals surface area contributed by atoms with Crippen LogP contribution >= 0.6 is 11.6 Å². The van der Waals surface area contributed by atoms with E-state index < -0.39 is 29.4 Å². The van der Waals surface area contributed by atoms with E-state index in [-0.39, 0.29) is 24.9 Å². The molecule has 0 radical (unpaired) electrons. The van der Waals surface area contributed by atoms with Gasteiger partial charge in [0.1, 0.15) is 11.2 Å². The summed E-state index contributed by atoms with van der Waals surface area (Å²) in [4.78, 5) is 40.2. The third-order valence-corrected chi connectivity index (χ3v) is 6.83. The Kier molecular flexibility index (Phi) is 6.98. The molecule has 0 spiro atoms. The summed E-state index contributed by atoms with van der Waals surface area (Å²) in [5.74, 6) is -1.55. The van der Waals surface area contributed by atoms with E-state index in [1.165, 1.54) is 12.4 Å². The molecule has 1 N–H and O–H groups in total. The molecule has 5 rings (SSSR count). The number of amides is 2. The quantitative estimate of drug-likeness (QED) is 0.389. The van der Waals surface area contributed by atoms with Crippen molar-refractivity contribution >= 4 is 34.4 Å². The minimum Gasteiger partial charge on any atom is -0.347 e. The van der Waals surface area contributed by atoms with Crippen LogP contribution in [0.5, 0.6) is 0 Å². The standard InChI is InChI=1S/C27H21ClF3N5O2/c28-20-13-17(14-22-24(20)34-11-10-32-22)26(38)36-12-8-21(18(15-36)16-5-2-1-3-6-16)35-25(37)23-19(27(29,30)31)7-4-9-33-23/h1-7,9-11,13-14,18,21H,8,12,15H2,(H,35,37)/t18-,21+/m0/s1.